The molecule has 3 fully saturated rings. The standard InChI is InChI=1S/C9H10O3/c10-8-6-2-4-1-5(4)3-7(6)9(11)12-8/h4-7H,1-3H2. The molecule has 4 atom stereocenters. The maximum absolute atomic E-state index is 11.1. The summed E-state index contributed by atoms with van der Waals surface area (Å²) in [5.41, 5.74) is 0. The van der Waals surface area contributed by atoms with Crippen LogP contribution in [0.25, 0.3) is 0 Å². The minimum Gasteiger partial charge on any atom is -0.393 e. The number of hydrogen-bond acceptors (Lipinski definition) is 3. The highest BCUT2D eigenvalue weighted by molar-refractivity contribution is 5.96. The molecule has 0 aromatic rings. The largest absolute Gasteiger partial charge is 0.393 e. The molecule has 3 aliphatic rings. The fourth-order valence-corrected chi connectivity index (χ4v) is 2.64. The van der Waals surface area contributed by atoms with Crippen LogP contribution in [0.1, 0.15) is 19.3 Å². The van der Waals surface area contributed by atoms with E-state index in [2.05, 4.69) is 4.74 Å². The molecule has 0 aromatic heterocycles. The van der Waals surface area contributed by atoms with Crippen LogP contribution in [0.5, 0.6) is 0 Å². The SMILES string of the molecule is O=C1OC(=O)C2CC3CC3CC12. The van der Waals surface area contributed by atoms with Crippen molar-refractivity contribution in [1.29, 1.82) is 0 Å². The van der Waals surface area contributed by atoms with Crippen LogP contribution >= 0.6 is 0 Å². The molecule has 3 rings (SSSR count). The molecule has 0 aromatic carbocycles. The molecule has 1 saturated heterocycles. The second-order valence-electron chi connectivity index (χ2n) is 4.18. The zero-order chi connectivity index (χ0) is 8.29. The average Bonchev–Trinajstić information content (AvgIpc) is 2.73. The molecular formula is C9H10O3. The molecule has 0 amide bonds. The smallest absolute Gasteiger partial charge is 0.317 e. The fourth-order valence-electron chi connectivity index (χ4n) is 2.64. The molecule has 3 heteroatoms. The second-order valence-corrected chi connectivity index (χ2v) is 4.18. The molecule has 4 unspecified atom stereocenters. The molecule has 12 heavy (non-hydrogen) atoms. The van der Waals surface area contributed by atoms with Gasteiger partial charge in [-0.25, -0.2) is 0 Å². The van der Waals surface area contributed by atoms with Gasteiger partial charge in [-0.15, -0.1) is 0 Å². The highest BCUT2D eigenvalue weighted by Gasteiger charge is 2.55. The van der Waals surface area contributed by atoms with Gasteiger partial charge in [0, 0.05) is 0 Å². The van der Waals surface area contributed by atoms with Crippen molar-refractivity contribution in [3.63, 3.8) is 0 Å². The van der Waals surface area contributed by atoms with Gasteiger partial charge in [-0.2, -0.15) is 0 Å². The van der Waals surface area contributed by atoms with Gasteiger partial charge in [-0.3, -0.25) is 9.59 Å². The molecule has 1 aliphatic heterocycles. The Kier molecular flexibility index (Phi) is 1.05. The first-order valence-electron chi connectivity index (χ1n) is 4.51. The van der Waals surface area contributed by atoms with Crippen molar-refractivity contribution in [3.8, 4) is 0 Å². The Morgan fingerprint density at radius 3 is 1.92 bits per heavy atom. The van der Waals surface area contributed by atoms with Crippen molar-refractivity contribution in [3.05, 3.63) is 0 Å². The second kappa shape index (κ2) is 1.90. The summed E-state index contributed by atoms with van der Waals surface area (Å²) in [5, 5.41) is 0. The Bertz CT molecular complexity index is 245. The maximum Gasteiger partial charge on any atom is 0.317 e. The number of hydrogen-bond donors (Lipinski definition) is 0. The highest BCUT2D eigenvalue weighted by Crippen LogP contribution is 2.55. The van der Waals surface area contributed by atoms with Gasteiger partial charge in [0.15, 0.2) is 0 Å². The number of fused-ring (bicyclic) bond motifs is 2. The predicted molar refractivity (Wildman–Crippen MR) is 38.9 cm³/mol. The first-order chi connectivity index (χ1) is 5.75. The number of esters is 2. The first kappa shape index (κ1) is 6.63. The summed E-state index contributed by atoms with van der Waals surface area (Å²) in [4.78, 5) is 22.3. The van der Waals surface area contributed by atoms with Crippen LogP contribution in [0.15, 0.2) is 0 Å². The molecule has 2 saturated carbocycles. The Balaban J connectivity index is 1.90. The molecule has 0 N–H and O–H groups in total. The number of cyclic esters (lactones) is 2. The van der Waals surface area contributed by atoms with Crippen LogP contribution in [0.2, 0.25) is 0 Å². The van der Waals surface area contributed by atoms with Crippen molar-refractivity contribution < 1.29 is 14.3 Å². The van der Waals surface area contributed by atoms with E-state index in [1.807, 2.05) is 0 Å². The lowest BCUT2D eigenvalue weighted by Gasteiger charge is -2.17. The van der Waals surface area contributed by atoms with Gasteiger partial charge in [-0.05, 0) is 31.1 Å². The van der Waals surface area contributed by atoms with Gasteiger partial charge in [0.2, 0.25) is 0 Å². The highest BCUT2D eigenvalue weighted by atomic mass is 16.6. The molecule has 2 aliphatic carbocycles. The third-order valence-electron chi connectivity index (χ3n) is 3.47. The number of rotatable bonds is 0. The Morgan fingerprint density at radius 1 is 0.917 bits per heavy atom. The number of ether oxygens (including phenoxy) is 1. The summed E-state index contributed by atoms with van der Waals surface area (Å²) in [6, 6.07) is 0. The first-order valence-corrected chi connectivity index (χ1v) is 4.51. The lowest BCUT2D eigenvalue weighted by Crippen LogP contribution is -2.23. The molecule has 1 heterocycles. The van der Waals surface area contributed by atoms with Crippen LogP contribution in [0, 0.1) is 23.7 Å². The summed E-state index contributed by atoms with van der Waals surface area (Å²) >= 11 is 0. The Labute approximate surface area is 70.1 Å². The van der Waals surface area contributed by atoms with E-state index in [4.69, 9.17) is 0 Å². The maximum atomic E-state index is 11.1. The minimum absolute atomic E-state index is 0.0822. The van der Waals surface area contributed by atoms with Crippen molar-refractivity contribution >= 4 is 11.9 Å². The van der Waals surface area contributed by atoms with Crippen LogP contribution in [-0.4, -0.2) is 11.9 Å². The average molecular weight is 166 g/mol. The zero-order valence-electron chi connectivity index (χ0n) is 6.66. The van der Waals surface area contributed by atoms with Gasteiger partial charge in [-0.1, -0.05) is 0 Å². The molecule has 0 spiro atoms. The molecule has 3 nitrogen and oxygen atoms in total. The van der Waals surface area contributed by atoms with Crippen LogP contribution < -0.4 is 0 Å². The molecule has 0 radical (unpaired) electrons. The third-order valence-corrected chi connectivity index (χ3v) is 3.47. The van der Waals surface area contributed by atoms with Crippen molar-refractivity contribution in [2.45, 2.75) is 19.3 Å². The van der Waals surface area contributed by atoms with E-state index >= 15 is 0 Å². The van der Waals surface area contributed by atoms with E-state index in [1.54, 1.807) is 0 Å². The van der Waals surface area contributed by atoms with E-state index in [0.717, 1.165) is 24.7 Å². The van der Waals surface area contributed by atoms with E-state index < -0.39 is 0 Å². The minimum atomic E-state index is -0.268. The Hall–Kier alpha value is -0.860. The third kappa shape index (κ3) is 0.713. The molecule has 64 valence electrons. The zero-order valence-corrected chi connectivity index (χ0v) is 6.66. The van der Waals surface area contributed by atoms with Crippen molar-refractivity contribution in [2.75, 3.05) is 0 Å². The number of carbonyl (C=O) groups excluding carboxylic acids is 2. The van der Waals surface area contributed by atoms with Crippen LogP contribution in [0.4, 0.5) is 0 Å². The lowest BCUT2D eigenvalue weighted by molar-refractivity contribution is -0.153. The van der Waals surface area contributed by atoms with Gasteiger partial charge >= 0.3 is 11.9 Å². The summed E-state index contributed by atoms with van der Waals surface area (Å²) in [6.07, 6.45) is 3.04. The van der Waals surface area contributed by atoms with E-state index in [0.29, 0.717) is 0 Å². The van der Waals surface area contributed by atoms with Crippen molar-refractivity contribution in [1.82, 2.24) is 0 Å². The summed E-state index contributed by atoms with van der Waals surface area (Å²) in [6.45, 7) is 0. The topological polar surface area (TPSA) is 43.4 Å². The molecular weight excluding hydrogens is 156 g/mol. The van der Waals surface area contributed by atoms with E-state index in [1.165, 1.54) is 6.42 Å². The monoisotopic (exact) mass is 166 g/mol. The number of carbonyl (C=O) groups is 2. The Morgan fingerprint density at radius 2 is 1.42 bits per heavy atom. The van der Waals surface area contributed by atoms with Crippen LogP contribution in [-0.2, 0) is 14.3 Å². The van der Waals surface area contributed by atoms with Gasteiger partial charge in [0.1, 0.15) is 0 Å². The normalized spacial score (nSPS) is 49.7. The van der Waals surface area contributed by atoms with E-state index in [-0.39, 0.29) is 23.8 Å². The lowest BCUT2D eigenvalue weighted by atomic mass is 9.81. The van der Waals surface area contributed by atoms with Gasteiger partial charge in [0.05, 0.1) is 11.8 Å². The summed E-state index contributed by atoms with van der Waals surface area (Å²) in [7, 11) is 0. The predicted octanol–water partition coefficient (Wildman–Crippen LogP) is 0.732. The quantitative estimate of drug-likeness (QED) is 0.393. The van der Waals surface area contributed by atoms with Crippen LogP contribution in [0.3, 0.4) is 0 Å². The van der Waals surface area contributed by atoms with E-state index in [9.17, 15) is 9.59 Å². The van der Waals surface area contributed by atoms with Gasteiger partial charge in [0.25, 0.3) is 0 Å². The van der Waals surface area contributed by atoms with Gasteiger partial charge < -0.3 is 4.74 Å². The summed E-state index contributed by atoms with van der Waals surface area (Å²) in [5.74, 6) is 0.752. The molecule has 0 bridgehead atoms. The van der Waals surface area contributed by atoms with Crippen molar-refractivity contribution in [2.24, 2.45) is 23.7 Å². The fraction of sp³-hybridized carbons (Fsp3) is 0.778. The summed E-state index contributed by atoms with van der Waals surface area (Å²) < 4.78 is 4.60.